The molecular formula is C10H19N. The number of hydrogen-bond acceptors (Lipinski definition) is 1. The number of rotatable bonds is 1. The van der Waals surface area contributed by atoms with Crippen molar-refractivity contribution in [3.63, 3.8) is 0 Å². The lowest BCUT2D eigenvalue weighted by Gasteiger charge is -1.95. The number of nitrogens with two attached hydrogens (primary N) is 1. The van der Waals surface area contributed by atoms with E-state index in [-0.39, 0.29) is 1.43 Å². The van der Waals surface area contributed by atoms with E-state index in [2.05, 4.69) is 19.1 Å². The largest absolute Gasteiger partial charge is 0.326 e. The zero-order chi connectivity index (χ0) is 8.69. The molecule has 0 aliphatic carbocycles. The van der Waals surface area contributed by atoms with Gasteiger partial charge >= 0.3 is 0 Å². The predicted molar refractivity (Wildman–Crippen MR) is 52.5 cm³/mol. The quantitative estimate of drug-likeness (QED) is 0.659. The van der Waals surface area contributed by atoms with E-state index >= 15 is 0 Å². The summed E-state index contributed by atoms with van der Waals surface area (Å²) in [5, 5.41) is 0. The first-order valence-electron chi connectivity index (χ1n) is 4.08. The maximum absolute atomic E-state index is 5.42. The maximum atomic E-state index is 5.42. The van der Waals surface area contributed by atoms with Gasteiger partial charge in [-0.15, -0.1) is 0 Å². The summed E-state index contributed by atoms with van der Waals surface area (Å²) < 4.78 is 0. The van der Waals surface area contributed by atoms with Gasteiger partial charge < -0.3 is 5.73 Å². The van der Waals surface area contributed by atoms with Crippen molar-refractivity contribution in [2.45, 2.75) is 27.3 Å². The minimum Gasteiger partial charge on any atom is -0.326 e. The van der Waals surface area contributed by atoms with Gasteiger partial charge in [-0.25, -0.2) is 0 Å². The molecule has 0 saturated carbocycles. The van der Waals surface area contributed by atoms with Crippen LogP contribution < -0.4 is 5.73 Å². The Morgan fingerprint density at radius 3 is 2.36 bits per heavy atom. The number of aryl methyl sites for hydroxylation is 1. The van der Waals surface area contributed by atoms with Crippen molar-refractivity contribution in [1.29, 1.82) is 0 Å². The van der Waals surface area contributed by atoms with E-state index in [9.17, 15) is 0 Å². The standard InChI is InChI=1S/C8H11N.C2H6.H2/c1-7-3-2-4-8(5-7)6-9;1-2;/h2-5H,6,9H2,1H3;1-2H3;1H. The molecule has 0 aliphatic heterocycles. The van der Waals surface area contributed by atoms with Crippen molar-refractivity contribution < 1.29 is 1.43 Å². The molecule has 0 spiro atoms. The van der Waals surface area contributed by atoms with Gasteiger partial charge in [0.05, 0.1) is 0 Å². The van der Waals surface area contributed by atoms with Gasteiger partial charge in [0.1, 0.15) is 0 Å². The second-order valence-corrected chi connectivity index (χ2v) is 2.19. The Bertz CT molecular complexity index is 199. The predicted octanol–water partition coefficient (Wildman–Crippen LogP) is 2.73. The van der Waals surface area contributed by atoms with Crippen LogP contribution in [0.5, 0.6) is 0 Å². The first-order chi connectivity index (χ1) is 5.33. The van der Waals surface area contributed by atoms with Crippen molar-refractivity contribution in [2.24, 2.45) is 5.73 Å². The summed E-state index contributed by atoms with van der Waals surface area (Å²) in [5.41, 5.74) is 7.90. The fraction of sp³-hybridized carbons (Fsp3) is 0.400. The maximum Gasteiger partial charge on any atom is 0.0178 e. The van der Waals surface area contributed by atoms with Crippen LogP contribution in [0, 0.1) is 6.92 Å². The van der Waals surface area contributed by atoms with Gasteiger partial charge in [0.2, 0.25) is 0 Å². The van der Waals surface area contributed by atoms with Crippen LogP contribution in [-0.4, -0.2) is 0 Å². The van der Waals surface area contributed by atoms with Crippen LogP contribution in [-0.2, 0) is 6.54 Å². The average molecular weight is 153 g/mol. The average Bonchev–Trinajstić information content (AvgIpc) is 2.08. The molecule has 1 heteroatoms. The Balaban J connectivity index is 0. The topological polar surface area (TPSA) is 26.0 Å². The third-order valence-electron chi connectivity index (χ3n) is 1.32. The Morgan fingerprint density at radius 2 is 2.00 bits per heavy atom. The van der Waals surface area contributed by atoms with Gasteiger partial charge in [-0.2, -0.15) is 0 Å². The molecule has 1 nitrogen and oxygen atoms in total. The van der Waals surface area contributed by atoms with E-state index in [1.807, 2.05) is 26.0 Å². The van der Waals surface area contributed by atoms with Crippen LogP contribution in [0.1, 0.15) is 26.4 Å². The fourth-order valence-corrected chi connectivity index (χ4v) is 0.839. The first-order valence-corrected chi connectivity index (χ1v) is 4.08. The fourth-order valence-electron chi connectivity index (χ4n) is 0.839. The molecule has 0 unspecified atom stereocenters. The third kappa shape index (κ3) is 3.79. The third-order valence-corrected chi connectivity index (χ3v) is 1.32. The van der Waals surface area contributed by atoms with Crippen LogP contribution in [0.2, 0.25) is 0 Å². The van der Waals surface area contributed by atoms with Crippen molar-refractivity contribution in [1.82, 2.24) is 0 Å². The molecule has 1 rings (SSSR count). The summed E-state index contributed by atoms with van der Waals surface area (Å²) in [5.74, 6) is 0. The zero-order valence-corrected chi connectivity index (χ0v) is 7.59. The summed E-state index contributed by atoms with van der Waals surface area (Å²) >= 11 is 0. The zero-order valence-electron chi connectivity index (χ0n) is 7.59. The molecule has 0 saturated heterocycles. The molecule has 0 heterocycles. The van der Waals surface area contributed by atoms with Gasteiger partial charge in [0, 0.05) is 7.97 Å². The smallest absolute Gasteiger partial charge is 0.0178 e. The van der Waals surface area contributed by atoms with Crippen molar-refractivity contribution in [3.05, 3.63) is 35.4 Å². The summed E-state index contributed by atoms with van der Waals surface area (Å²) in [7, 11) is 0. The second kappa shape index (κ2) is 5.93. The normalized spacial score (nSPS) is 8.36. The molecule has 0 fully saturated rings. The summed E-state index contributed by atoms with van der Waals surface area (Å²) in [6.07, 6.45) is 0. The molecule has 0 amide bonds. The van der Waals surface area contributed by atoms with Crippen LogP contribution in [0.4, 0.5) is 0 Å². The minimum atomic E-state index is 0. The van der Waals surface area contributed by atoms with Crippen LogP contribution in [0.25, 0.3) is 0 Å². The molecule has 2 N–H and O–H groups in total. The van der Waals surface area contributed by atoms with Crippen LogP contribution >= 0.6 is 0 Å². The summed E-state index contributed by atoms with van der Waals surface area (Å²) in [6, 6.07) is 8.23. The summed E-state index contributed by atoms with van der Waals surface area (Å²) in [6.45, 7) is 6.71. The van der Waals surface area contributed by atoms with Crippen molar-refractivity contribution in [2.75, 3.05) is 0 Å². The van der Waals surface area contributed by atoms with Crippen molar-refractivity contribution >= 4 is 0 Å². The molecule has 1 aromatic carbocycles. The number of hydrogen-bond donors (Lipinski definition) is 1. The Hall–Kier alpha value is -0.820. The number of benzene rings is 1. The van der Waals surface area contributed by atoms with Gasteiger partial charge in [0.15, 0.2) is 0 Å². The molecule has 0 aromatic heterocycles. The highest BCUT2D eigenvalue weighted by atomic mass is 14.5. The van der Waals surface area contributed by atoms with Gasteiger partial charge in [-0.1, -0.05) is 43.7 Å². The van der Waals surface area contributed by atoms with E-state index in [1.54, 1.807) is 0 Å². The van der Waals surface area contributed by atoms with Crippen molar-refractivity contribution in [3.8, 4) is 0 Å². The molecule has 0 aliphatic rings. The van der Waals surface area contributed by atoms with E-state index in [0.717, 1.165) is 0 Å². The van der Waals surface area contributed by atoms with Gasteiger partial charge in [-0.05, 0) is 12.5 Å². The molecule has 0 bridgehead atoms. The van der Waals surface area contributed by atoms with E-state index in [1.165, 1.54) is 11.1 Å². The van der Waals surface area contributed by atoms with Crippen LogP contribution in [0.15, 0.2) is 24.3 Å². The highest BCUT2D eigenvalue weighted by Gasteiger charge is 1.85. The monoisotopic (exact) mass is 153 g/mol. The lowest BCUT2D eigenvalue weighted by molar-refractivity contribution is 1.07. The highest BCUT2D eigenvalue weighted by molar-refractivity contribution is 5.21. The Kier molecular flexibility index (Phi) is 5.49. The van der Waals surface area contributed by atoms with Crippen LogP contribution in [0.3, 0.4) is 0 Å². The lowest BCUT2D eigenvalue weighted by Crippen LogP contribution is -1.95. The minimum absolute atomic E-state index is 0. The molecular weight excluding hydrogens is 134 g/mol. The molecule has 11 heavy (non-hydrogen) atoms. The summed E-state index contributed by atoms with van der Waals surface area (Å²) in [4.78, 5) is 0. The Labute approximate surface area is 70.7 Å². The second-order valence-electron chi connectivity index (χ2n) is 2.19. The molecule has 64 valence electrons. The molecule has 0 radical (unpaired) electrons. The van der Waals surface area contributed by atoms with Gasteiger partial charge in [0.25, 0.3) is 0 Å². The highest BCUT2D eigenvalue weighted by Crippen LogP contribution is 2.01. The van der Waals surface area contributed by atoms with E-state index < -0.39 is 0 Å². The SMILES string of the molecule is CC.Cc1cccc(CN)c1.[HH]. The van der Waals surface area contributed by atoms with E-state index in [0.29, 0.717) is 6.54 Å². The lowest BCUT2D eigenvalue weighted by atomic mass is 10.1. The Morgan fingerprint density at radius 1 is 1.36 bits per heavy atom. The van der Waals surface area contributed by atoms with Gasteiger partial charge in [-0.3, -0.25) is 0 Å². The first kappa shape index (κ1) is 10.2. The molecule has 1 aromatic rings. The molecule has 0 atom stereocenters. The van der Waals surface area contributed by atoms with E-state index in [4.69, 9.17) is 5.73 Å².